The first-order valence-electron chi connectivity index (χ1n) is 29.4. The maximum absolute atomic E-state index is 10.9. The van der Waals surface area contributed by atoms with Gasteiger partial charge in [0.2, 0.25) is 0 Å². The van der Waals surface area contributed by atoms with Gasteiger partial charge in [-0.25, -0.2) is 19.9 Å². The maximum Gasteiger partial charge on any atom is 0.292 e. The van der Waals surface area contributed by atoms with Gasteiger partial charge in [-0.2, -0.15) is 9.97 Å². The predicted molar refractivity (Wildman–Crippen MR) is 368 cm³/mol. The van der Waals surface area contributed by atoms with Crippen LogP contribution in [0.5, 0.6) is 0 Å². The van der Waals surface area contributed by atoms with E-state index in [0.29, 0.717) is 21.8 Å². The minimum Gasteiger partial charge on any atom is -0.424 e. The van der Waals surface area contributed by atoms with Gasteiger partial charge in [0.05, 0.1) is 120 Å². The van der Waals surface area contributed by atoms with Crippen molar-refractivity contribution in [1.29, 1.82) is 0 Å². The number of aromatic nitrogens is 10. The van der Waals surface area contributed by atoms with Crippen LogP contribution in [0, 0.1) is 0 Å². The Labute approximate surface area is 558 Å². The van der Waals surface area contributed by atoms with E-state index >= 15 is 0 Å². The molecule has 4 saturated heterocycles. The lowest BCUT2D eigenvalue weighted by atomic mass is 9.90. The molecule has 0 bridgehead atoms. The second kappa shape index (κ2) is 29.8. The summed E-state index contributed by atoms with van der Waals surface area (Å²) in [6, 6.07) is 35.1. The molecule has 23 nitrogen and oxygen atoms in total. The van der Waals surface area contributed by atoms with E-state index in [1.165, 1.54) is 12.4 Å². The zero-order chi connectivity index (χ0) is 64.4. The van der Waals surface area contributed by atoms with Crippen LogP contribution in [0.4, 0.5) is 23.7 Å². The fraction of sp³-hybridized carbons (Fsp3) is 0.292. The number of nitrogens with zero attached hydrogens (tertiary/aromatic N) is 11. The highest BCUT2D eigenvalue weighted by atomic mass is 79.9. The van der Waals surface area contributed by atoms with Gasteiger partial charge in [0.15, 0.2) is 17.5 Å². The van der Waals surface area contributed by atoms with Crippen LogP contribution in [-0.2, 0) is 23.7 Å². The molecule has 6 aromatic carbocycles. The number of benzene rings is 6. The van der Waals surface area contributed by atoms with Gasteiger partial charge in [-0.15, -0.1) is 0 Å². The molecule has 476 valence electrons. The Balaban J connectivity index is 0.000000118. The fourth-order valence-corrected chi connectivity index (χ4v) is 10.9. The van der Waals surface area contributed by atoms with Gasteiger partial charge in [-0.3, -0.25) is 19.7 Å². The lowest BCUT2D eigenvalue weighted by Gasteiger charge is -2.30. The van der Waals surface area contributed by atoms with Crippen LogP contribution in [0.1, 0.15) is 39.5 Å². The van der Waals surface area contributed by atoms with Gasteiger partial charge in [0.25, 0.3) is 17.6 Å². The van der Waals surface area contributed by atoms with E-state index in [1.807, 2.05) is 143 Å². The number of hydrogen-bond donors (Lipinski definition) is 4. The number of ether oxygens (including phenoxy) is 5. The average molecular weight is 1460 g/mol. The Morgan fingerprint density at radius 1 is 0.489 bits per heavy atom. The number of H-pyrrole nitrogens is 1. The Morgan fingerprint density at radius 2 is 0.935 bits per heavy atom. The van der Waals surface area contributed by atoms with Crippen molar-refractivity contribution in [2.45, 2.75) is 45.2 Å². The van der Waals surface area contributed by atoms with E-state index in [1.54, 1.807) is 0 Å². The zero-order valence-corrected chi connectivity index (χ0v) is 56.1. The highest BCUT2D eigenvalue weighted by Crippen LogP contribution is 2.45. The average Bonchev–Trinajstić information content (AvgIpc) is 1.62. The SMILES string of the molecule is Brc1ccc2ncc(N3CCOCC3)nc2c1.C1COCCN1.CC1(C)OC(c2ccc3oc(N)nc3c2)OC1(C)C.Clc1cnc2ccc(Br)cc2n1.Nc1nc2cc(-c3ccc4ncc(N5CCOCC5)nc4c3)ccc2o1.O=c1cnc2ccc(Br)cc2[nH]1. The number of nitrogens with two attached hydrogens (primary N) is 2. The summed E-state index contributed by atoms with van der Waals surface area (Å²) in [5.74, 6) is 1.82. The minimum atomic E-state index is -0.396. The number of morpholine rings is 3. The summed E-state index contributed by atoms with van der Waals surface area (Å²) >= 11 is 15.8. The summed E-state index contributed by atoms with van der Waals surface area (Å²) in [5, 5.41) is 3.58. The predicted octanol–water partition coefficient (Wildman–Crippen LogP) is 12.4. The normalized spacial score (nSPS) is 16.1. The summed E-state index contributed by atoms with van der Waals surface area (Å²) in [5.41, 5.74) is 22.9. The number of aromatic amines is 1. The van der Waals surface area contributed by atoms with Gasteiger partial charge < -0.3 is 64.1 Å². The molecule has 4 aliphatic heterocycles. The van der Waals surface area contributed by atoms with Crippen LogP contribution in [0.25, 0.3) is 77.5 Å². The van der Waals surface area contributed by atoms with Crippen molar-refractivity contribution in [3.8, 4) is 11.1 Å². The van der Waals surface area contributed by atoms with Crippen LogP contribution in [0.15, 0.2) is 161 Å². The first-order valence-corrected chi connectivity index (χ1v) is 32.2. The molecule has 16 rings (SSSR count). The van der Waals surface area contributed by atoms with E-state index in [9.17, 15) is 4.79 Å². The van der Waals surface area contributed by atoms with E-state index in [0.717, 1.165) is 170 Å². The summed E-state index contributed by atoms with van der Waals surface area (Å²) in [4.78, 5) is 56.9. The van der Waals surface area contributed by atoms with Crippen molar-refractivity contribution >= 4 is 149 Å². The molecule has 0 amide bonds. The Kier molecular flexibility index (Phi) is 21.3. The smallest absolute Gasteiger partial charge is 0.292 e. The summed E-state index contributed by atoms with van der Waals surface area (Å²) < 4.78 is 41.3. The molecular formula is C65H65Br3ClN15O8. The fourth-order valence-electron chi connectivity index (χ4n) is 9.75. The molecule has 12 aromatic rings. The van der Waals surface area contributed by atoms with Gasteiger partial charge in [0.1, 0.15) is 27.8 Å². The van der Waals surface area contributed by atoms with Crippen molar-refractivity contribution in [2.75, 3.05) is 100 Å². The molecular weight excluding hydrogens is 1390 g/mol. The molecule has 0 aliphatic carbocycles. The first kappa shape index (κ1) is 65.6. The number of nitrogen functional groups attached to an aromatic ring is 2. The Hall–Kier alpha value is -7.89. The van der Waals surface area contributed by atoms with Gasteiger partial charge >= 0.3 is 0 Å². The molecule has 4 fully saturated rings. The van der Waals surface area contributed by atoms with Crippen molar-refractivity contribution in [1.82, 2.24) is 55.2 Å². The van der Waals surface area contributed by atoms with Crippen LogP contribution in [-0.4, -0.2) is 140 Å². The van der Waals surface area contributed by atoms with Crippen LogP contribution in [0.2, 0.25) is 5.15 Å². The monoisotopic (exact) mass is 1460 g/mol. The van der Waals surface area contributed by atoms with Crippen LogP contribution < -0.4 is 32.1 Å². The highest BCUT2D eigenvalue weighted by molar-refractivity contribution is 9.11. The molecule has 6 N–H and O–H groups in total. The second-order valence-corrected chi connectivity index (χ2v) is 25.3. The van der Waals surface area contributed by atoms with Crippen molar-refractivity contribution in [3.05, 3.63) is 168 Å². The molecule has 0 spiro atoms. The molecule has 10 heterocycles. The Bertz CT molecular complexity index is 4520. The highest BCUT2D eigenvalue weighted by Gasteiger charge is 2.49. The third-order valence-corrected chi connectivity index (χ3v) is 16.9. The van der Waals surface area contributed by atoms with Gasteiger partial charge in [0, 0.05) is 58.3 Å². The lowest BCUT2D eigenvalue weighted by Crippen LogP contribution is -2.41. The molecule has 6 aromatic heterocycles. The number of fused-ring (bicyclic) bond motifs is 6. The van der Waals surface area contributed by atoms with E-state index in [4.69, 9.17) is 60.6 Å². The number of oxazole rings is 2. The zero-order valence-electron chi connectivity index (χ0n) is 50.6. The third kappa shape index (κ3) is 16.8. The standard InChI is InChI=1S/C19H17N5O2.C14H18N2O3.C12H12BrN3O.C8H4BrClN2.C8H5BrN2O.C4H9NO/c20-19-23-16-10-13(2-4-17(16)26-19)12-1-3-14-15(9-12)22-18(11-21-14)24-5-7-25-8-6-24;1-13(2)14(3,4)19-11(18-13)8-5-6-10-9(7-8)16-12(15)17-10;13-9-1-2-10-11(7-9)15-12(8-14-10)16-3-5-17-6-4-16;9-5-1-2-6-7(3-5)12-8(10)4-11-6;9-5-1-2-6-7(3-5)11-8(12)4-10-6;1-3-6-4-2-5-1/h1-4,9-11H,5-8H2,(H2,20,23);5-7,11H,1-4H3,(H2,15,16);1-2,7-8H,3-6H2;1-4H;1-4H,(H,11,12);5H,1-4H2. The summed E-state index contributed by atoms with van der Waals surface area (Å²) in [7, 11) is 0. The van der Waals surface area contributed by atoms with Gasteiger partial charge in [-0.05, 0) is 130 Å². The number of anilines is 4. The maximum atomic E-state index is 10.9. The lowest BCUT2D eigenvalue weighted by molar-refractivity contribution is -0.0895. The molecule has 0 saturated carbocycles. The minimum absolute atomic E-state index is 0.168. The number of halogens is 4. The Morgan fingerprint density at radius 3 is 1.48 bits per heavy atom. The molecule has 0 unspecified atom stereocenters. The quantitative estimate of drug-likeness (QED) is 0.127. The molecule has 0 radical (unpaired) electrons. The summed E-state index contributed by atoms with van der Waals surface area (Å²) in [6.07, 6.45) is 6.08. The van der Waals surface area contributed by atoms with Gasteiger partial charge in [-0.1, -0.05) is 77.6 Å². The van der Waals surface area contributed by atoms with Crippen molar-refractivity contribution in [3.63, 3.8) is 0 Å². The number of nitrogens with one attached hydrogen (secondary N) is 2. The number of rotatable bonds is 4. The first-order chi connectivity index (χ1) is 44.4. The van der Waals surface area contributed by atoms with E-state index in [2.05, 4.69) is 114 Å². The molecule has 4 aliphatic rings. The van der Waals surface area contributed by atoms with Crippen LogP contribution in [0.3, 0.4) is 0 Å². The largest absolute Gasteiger partial charge is 0.424 e. The molecule has 92 heavy (non-hydrogen) atoms. The van der Waals surface area contributed by atoms with E-state index < -0.39 is 6.29 Å². The van der Waals surface area contributed by atoms with Crippen molar-refractivity contribution < 1.29 is 32.5 Å². The van der Waals surface area contributed by atoms with Crippen LogP contribution >= 0.6 is 59.4 Å². The summed E-state index contributed by atoms with van der Waals surface area (Å²) in [6.45, 7) is 18.4. The molecule has 27 heteroatoms. The molecule has 0 atom stereocenters. The third-order valence-electron chi connectivity index (χ3n) is 15.2. The second-order valence-electron chi connectivity index (χ2n) is 22.2. The number of hydrogen-bond acceptors (Lipinski definition) is 22. The topological polar surface area (TPSA) is 292 Å². The van der Waals surface area contributed by atoms with Crippen molar-refractivity contribution in [2.24, 2.45) is 0 Å². The van der Waals surface area contributed by atoms with E-state index in [-0.39, 0.29) is 28.8 Å².